The van der Waals surface area contributed by atoms with Crippen LogP contribution in [0.1, 0.15) is 5.82 Å². The molecule has 2 aromatic heterocycles. The van der Waals surface area contributed by atoms with Gasteiger partial charge >= 0.3 is 0 Å². The fourth-order valence-electron chi connectivity index (χ4n) is 1.06. The number of hydrogen-bond donors (Lipinski definition) is 1. The summed E-state index contributed by atoms with van der Waals surface area (Å²) in [4.78, 5) is 5.31. The van der Waals surface area contributed by atoms with E-state index in [1.165, 1.54) is 0 Å². The minimum atomic E-state index is 0.605. The maximum absolute atomic E-state index is 5.39. The van der Waals surface area contributed by atoms with Crippen LogP contribution in [-0.2, 0) is 5.75 Å². The molecule has 2 heterocycles. The van der Waals surface area contributed by atoms with Gasteiger partial charge in [-0.3, -0.25) is 0 Å². The Morgan fingerprint density at radius 3 is 3.20 bits per heavy atom. The van der Waals surface area contributed by atoms with Gasteiger partial charge in [0.15, 0.2) is 5.82 Å². The third-order valence-corrected chi connectivity index (χ3v) is 3.54. The molecule has 0 atom stereocenters. The number of thiophene rings is 1. The minimum absolute atomic E-state index is 0.605. The first-order valence-corrected chi connectivity index (χ1v) is 6.58. The van der Waals surface area contributed by atoms with Gasteiger partial charge in [0.05, 0.1) is 10.6 Å². The topological polar surface area (TPSA) is 64.9 Å². The van der Waals surface area contributed by atoms with Gasteiger partial charge in [0.2, 0.25) is 0 Å². The van der Waals surface area contributed by atoms with E-state index in [1.807, 2.05) is 17.5 Å². The minimum Gasteiger partial charge on any atom is -0.333 e. The predicted octanol–water partition coefficient (Wildman–Crippen LogP) is 1.99. The van der Waals surface area contributed by atoms with Gasteiger partial charge in [-0.05, 0) is 11.4 Å². The maximum atomic E-state index is 5.39. The van der Waals surface area contributed by atoms with Crippen molar-refractivity contribution in [3.05, 3.63) is 23.3 Å². The number of hydrogen-bond acceptors (Lipinski definition) is 6. The molecule has 2 rings (SSSR count). The van der Waals surface area contributed by atoms with Crippen molar-refractivity contribution >= 4 is 23.1 Å². The summed E-state index contributed by atoms with van der Waals surface area (Å²) in [6.45, 7) is 0.681. The molecule has 15 heavy (non-hydrogen) atoms. The van der Waals surface area contributed by atoms with E-state index in [4.69, 9.17) is 10.3 Å². The SMILES string of the molecule is NCCSCc1noc(-c2cccs2)n1. The second-order valence-corrected chi connectivity index (χ2v) is 4.89. The second-order valence-electron chi connectivity index (χ2n) is 2.83. The van der Waals surface area contributed by atoms with Crippen molar-refractivity contribution in [2.75, 3.05) is 12.3 Å². The summed E-state index contributed by atoms with van der Waals surface area (Å²) in [5.41, 5.74) is 5.39. The summed E-state index contributed by atoms with van der Waals surface area (Å²) in [6, 6.07) is 3.93. The third kappa shape index (κ3) is 2.80. The number of nitrogens with zero attached hydrogens (tertiary/aromatic N) is 2. The Hall–Kier alpha value is -0.850. The van der Waals surface area contributed by atoms with Gasteiger partial charge in [-0.15, -0.1) is 11.3 Å². The average Bonchev–Trinajstić information content (AvgIpc) is 2.87. The first kappa shape index (κ1) is 10.7. The van der Waals surface area contributed by atoms with Gasteiger partial charge < -0.3 is 10.3 Å². The fourth-order valence-corrected chi connectivity index (χ4v) is 2.32. The summed E-state index contributed by atoms with van der Waals surface area (Å²) in [5.74, 6) is 3.01. The molecule has 0 aliphatic heterocycles. The zero-order valence-corrected chi connectivity index (χ0v) is 9.68. The van der Waals surface area contributed by atoms with Crippen LogP contribution in [0.25, 0.3) is 10.8 Å². The molecule has 4 nitrogen and oxygen atoms in total. The largest absolute Gasteiger partial charge is 0.333 e. The molecule has 0 spiro atoms. The lowest BCUT2D eigenvalue weighted by Crippen LogP contribution is -2.01. The Bertz CT molecular complexity index is 399. The number of rotatable bonds is 5. The smallest absolute Gasteiger partial charge is 0.268 e. The van der Waals surface area contributed by atoms with Crippen LogP contribution in [0, 0.1) is 0 Å². The Balaban J connectivity index is 1.98. The molecule has 0 amide bonds. The summed E-state index contributed by atoms with van der Waals surface area (Å²) in [6.07, 6.45) is 0. The average molecular weight is 241 g/mol. The van der Waals surface area contributed by atoms with Crippen LogP contribution in [0.3, 0.4) is 0 Å². The Kier molecular flexibility index (Phi) is 3.76. The van der Waals surface area contributed by atoms with Crippen molar-refractivity contribution in [1.82, 2.24) is 10.1 Å². The first-order valence-electron chi connectivity index (χ1n) is 4.54. The zero-order valence-electron chi connectivity index (χ0n) is 8.05. The number of aromatic nitrogens is 2. The standard InChI is InChI=1S/C9H11N3OS2/c10-3-5-14-6-8-11-9(13-12-8)7-2-1-4-15-7/h1-2,4H,3,5-6,10H2. The third-order valence-electron chi connectivity index (χ3n) is 1.69. The molecule has 0 saturated heterocycles. The molecule has 0 aliphatic rings. The molecule has 0 radical (unpaired) electrons. The lowest BCUT2D eigenvalue weighted by molar-refractivity contribution is 0.426. The van der Waals surface area contributed by atoms with Crippen LogP contribution >= 0.6 is 23.1 Å². The van der Waals surface area contributed by atoms with Crippen molar-refractivity contribution < 1.29 is 4.52 Å². The monoisotopic (exact) mass is 241 g/mol. The highest BCUT2D eigenvalue weighted by Crippen LogP contribution is 2.23. The molecule has 0 fully saturated rings. The van der Waals surface area contributed by atoms with Crippen LogP contribution in [0.5, 0.6) is 0 Å². The molecule has 0 aliphatic carbocycles. The fraction of sp³-hybridized carbons (Fsp3) is 0.333. The Morgan fingerprint density at radius 2 is 2.47 bits per heavy atom. The van der Waals surface area contributed by atoms with Crippen molar-refractivity contribution in [3.8, 4) is 10.8 Å². The molecular weight excluding hydrogens is 230 g/mol. The molecular formula is C9H11N3OS2. The lowest BCUT2D eigenvalue weighted by Gasteiger charge is -1.91. The highest BCUT2D eigenvalue weighted by atomic mass is 32.2. The van der Waals surface area contributed by atoms with E-state index in [0.717, 1.165) is 22.2 Å². The van der Waals surface area contributed by atoms with Gasteiger partial charge in [-0.2, -0.15) is 16.7 Å². The van der Waals surface area contributed by atoms with Crippen molar-refractivity contribution in [2.45, 2.75) is 5.75 Å². The predicted molar refractivity (Wildman–Crippen MR) is 62.8 cm³/mol. The number of thioether (sulfide) groups is 1. The summed E-state index contributed by atoms with van der Waals surface area (Å²) in [5, 5.41) is 5.89. The molecule has 0 aromatic carbocycles. The second kappa shape index (κ2) is 5.29. The van der Waals surface area contributed by atoms with E-state index in [1.54, 1.807) is 23.1 Å². The van der Waals surface area contributed by atoms with Gasteiger partial charge in [-0.25, -0.2) is 0 Å². The molecule has 2 aromatic rings. The normalized spacial score (nSPS) is 10.7. The highest BCUT2D eigenvalue weighted by molar-refractivity contribution is 7.98. The van der Waals surface area contributed by atoms with Crippen LogP contribution in [-0.4, -0.2) is 22.4 Å². The highest BCUT2D eigenvalue weighted by Gasteiger charge is 2.08. The van der Waals surface area contributed by atoms with Crippen molar-refractivity contribution in [1.29, 1.82) is 0 Å². The molecule has 0 unspecified atom stereocenters. The van der Waals surface area contributed by atoms with E-state index >= 15 is 0 Å². The molecule has 2 N–H and O–H groups in total. The summed E-state index contributed by atoms with van der Waals surface area (Å²) < 4.78 is 5.14. The first-order chi connectivity index (χ1) is 7.40. The van der Waals surface area contributed by atoms with Crippen LogP contribution in [0.4, 0.5) is 0 Å². The molecule has 6 heteroatoms. The Labute approximate surface area is 95.9 Å². The van der Waals surface area contributed by atoms with E-state index in [-0.39, 0.29) is 0 Å². The summed E-state index contributed by atoms with van der Waals surface area (Å²) in [7, 11) is 0. The lowest BCUT2D eigenvalue weighted by atomic mass is 10.5. The molecule has 0 bridgehead atoms. The van der Waals surface area contributed by atoms with Crippen LogP contribution in [0.15, 0.2) is 22.0 Å². The van der Waals surface area contributed by atoms with Gasteiger partial charge in [-0.1, -0.05) is 11.2 Å². The number of nitrogens with two attached hydrogens (primary N) is 1. The summed E-state index contributed by atoms with van der Waals surface area (Å²) >= 11 is 3.30. The van der Waals surface area contributed by atoms with Crippen LogP contribution < -0.4 is 5.73 Å². The van der Waals surface area contributed by atoms with Crippen molar-refractivity contribution in [2.24, 2.45) is 5.73 Å². The van der Waals surface area contributed by atoms with E-state index < -0.39 is 0 Å². The maximum Gasteiger partial charge on any atom is 0.268 e. The zero-order chi connectivity index (χ0) is 10.5. The van der Waals surface area contributed by atoms with Gasteiger partial charge in [0.1, 0.15) is 0 Å². The Morgan fingerprint density at radius 1 is 1.53 bits per heavy atom. The van der Waals surface area contributed by atoms with Gasteiger partial charge in [0.25, 0.3) is 5.89 Å². The molecule has 80 valence electrons. The quantitative estimate of drug-likeness (QED) is 0.811. The van der Waals surface area contributed by atoms with Crippen LogP contribution in [0.2, 0.25) is 0 Å². The van der Waals surface area contributed by atoms with E-state index in [9.17, 15) is 0 Å². The van der Waals surface area contributed by atoms with E-state index in [0.29, 0.717) is 12.4 Å². The van der Waals surface area contributed by atoms with Crippen molar-refractivity contribution in [3.63, 3.8) is 0 Å². The molecule has 0 saturated carbocycles. The van der Waals surface area contributed by atoms with Gasteiger partial charge in [0, 0.05) is 12.3 Å². The van der Waals surface area contributed by atoms with E-state index in [2.05, 4.69) is 10.1 Å².